The summed E-state index contributed by atoms with van der Waals surface area (Å²) in [4.78, 5) is 15.6. The van der Waals surface area contributed by atoms with Crippen LogP contribution in [0.1, 0.15) is 13.3 Å². The van der Waals surface area contributed by atoms with Gasteiger partial charge in [-0.3, -0.25) is 4.79 Å². The molecule has 126 valence electrons. The van der Waals surface area contributed by atoms with Gasteiger partial charge < -0.3 is 15.1 Å². The lowest BCUT2D eigenvalue weighted by Gasteiger charge is -2.23. The number of hydrogen-bond donors (Lipinski definition) is 1. The number of benzene rings is 1. The summed E-state index contributed by atoms with van der Waals surface area (Å²) in [5.74, 6) is 0.100. The number of amides is 1. The standard InChI is InChI=1S/C18H18N6O/c1-14(25)23-7-2-8-24(10-9-23)17-5-3-16(4-6-17)22-18(13-21)15(11-19)12-20/h3-6,22H,2,7-10H2,1H3. The van der Waals surface area contributed by atoms with Gasteiger partial charge in [0.2, 0.25) is 5.91 Å². The second-order valence-electron chi connectivity index (χ2n) is 5.60. The van der Waals surface area contributed by atoms with Gasteiger partial charge in [-0.1, -0.05) is 0 Å². The van der Waals surface area contributed by atoms with E-state index in [2.05, 4.69) is 10.2 Å². The summed E-state index contributed by atoms with van der Waals surface area (Å²) < 4.78 is 0. The fourth-order valence-corrected chi connectivity index (χ4v) is 2.67. The molecule has 1 N–H and O–H groups in total. The number of nitrogens with zero attached hydrogens (tertiary/aromatic N) is 5. The second-order valence-corrected chi connectivity index (χ2v) is 5.60. The fraction of sp³-hybridized carbons (Fsp3) is 0.333. The van der Waals surface area contributed by atoms with E-state index in [1.165, 1.54) is 0 Å². The lowest BCUT2D eigenvalue weighted by Crippen LogP contribution is -2.33. The van der Waals surface area contributed by atoms with Crippen LogP contribution in [0, 0.1) is 34.0 Å². The average molecular weight is 334 g/mol. The molecule has 1 amide bonds. The van der Waals surface area contributed by atoms with Crippen LogP contribution in [0.2, 0.25) is 0 Å². The van der Waals surface area contributed by atoms with Crippen LogP contribution in [-0.4, -0.2) is 37.0 Å². The molecule has 1 heterocycles. The minimum absolute atomic E-state index is 0.0652. The van der Waals surface area contributed by atoms with E-state index in [-0.39, 0.29) is 17.2 Å². The Morgan fingerprint density at radius 3 is 2.24 bits per heavy atom. The summed E-state index contributed by atoms with van der Waals surface area (Å²) in [7, 11) is 0. The van der Waals surface area contributed by atoms with Crippen molar-refractivity contribution < 1.29 is 4.79 Å². The molecule has 1 aliphatic heterocycles. The highest BCUT2D eigenvalue weighted by Gasteiger charge is 2.16. The Morgan fingerprint density at radius 2 is 1.68 bits per heavy atom. The number of nitriles is 3. The van der Waals surface area contributed by atoms with E-state index >= 15 is 0 Å². The first-order valence-corrected chi connectivity index (χ1v) is 7.91. The monoisotopic (exact) mass is 334 g/mol. The van der Waals surface area contributed by atoms with Crippen LogP contribution in [0.3, 0.4) is 0 Å². The zero-order valence-electron chi connectivity index (χ0n) is 14.0. The lowest BCUT2D eigenvalue weighted by molar-refractivity contribution is -0.128. The first-order valence-electron chi connectivity index (χ1n) is 7.91. The van der Waals surface area contributed by atoms with Gasteiger partial charge in [-0.2, -0.15) is 15.8 Å². The first kappa shape index (κ1) is 17.8. The Morgan fingerprint density at radius 1 is 1.00 bits per heavy atom. The van der Waals surface area contributed by atoms with Crippen LogP contribution in [0.5, 0.6) is 0 Å². The van der Waals surface area contributed by atoms with Gasteiger partial charge in [0.05, 0.1) is 0 Å². The second kappa shape index (κ2) is 8.38. The minimum Gasteiger partial charge on any atom is -0.370 e. The summed E-state index contributed by atoms with van der Waals surface area (Å²) in [6.07, 6.45) is 0.911. The van der Waals surface area contributed by atoms with E-state index in [9.17, 15) is 4.79 Å². The van der Waals surface area contributed by atoms with Crippen LogP contribution >= 0.6 is 0 Å². The van der Waals surface area contributed by atoms with Crippen molar-refractivity contribution in [3.05, 3.63) is 35.5 Å². The molecular formula is C18H18N6O. The zero-order chi connectivity index (χ0) is 18.2. The third-order valence-electron chi connectivity index (χ3n) is 4.03. The quantitative estimate of drug-likeness (QED) is 0.847. The van der Waals surface area contributed by atoms with E-state index in [0.717, 1.165) is 31.7 Å². The molecule has 1 fully saturated rings. The number of rotatable bonds is 3. The number of carbonyl (C=O) groups excluding carboxylic acids is 1. The molecule has 1 saturated heterocycles. The Hall–Kier alpha value is -3.50. The molecule has 0 bridgehead atoms. The SMILES string of the molecule is CC(=O)N1CCCN(c2ccc(NC(C#N)=C(C#N)C#N)cc2)CC1. The molecule has 0 radical (unpaired) electrons. The van der Waals surface area contributed by atoms with E-state index in [1.54, 1.807) is 31.2 Å². The molecule has 0 aliphatic carbocycles. The van der Waals surface area contributed by atoms with Gasteiger partial charge in [-0.05, 0) is 30.7 Å². The van der Waals surface area contributed by atoms with Gasteiger partial charge in [0.15, 0.2) is 5.57 Å². The molecule has 0 atom stereocenters. The molecular weight excluding hydrogens is 316 g/mol. The topological polar surface area (TPSA) is 107 Å². The Kier molecular flexibility index (Phi) is 5.98. The average Bonchev–Trinajstić information content (AvgIpc) is 2.88. The zero-order valence-corrected chi connectivity index (χ0v) is 14.0. The van der Waals surface area contributed by atoms with Crippen LogP contribution in [0.15, 0.2) is 35.5 Å². The molecule has 0 unspecified atom stereocenters. The third kappa shape index (κ3) is 4.50. The van der Waals surface area contributed by atoms with Crippen LogP contribution < -0.4 is 10.2 Å². The number of nitrogens with one attached hydrogen (secondary N) is 1. The largest absolute Gasteiger partial charge is 0.370 e. The van der Waals surface area contributed by atoms with Gasteiger partial charge >= 0.3 is 0 Å². The number of anilines is 2. The predicted octanol–water partition coefficient (Wildman–Crippen LogP) is 1.98. The van der Waals surface area contributed by atoms with Gasteiger partial charge in [0, 0.05) is 44.5 Å². The van der Waals surface area contributed by atoms with Crippen LogP contribution in [0.4, 0.5) is 11.4 Å². The van der Waals surface area contributed by atoms with Crippen LogP contribution in [0.25, 0.3) is 0 Å². The van der Waals surface area contributed by atoms with Gasteiger partial charge in [-0.15, -0.1) is 0 Å². The summed E-state index contributed by atoms with van der Waals surface area (Å²) >= 11 is 0. The molecule has 1 aromatic rings. The van der Waals surface area contributed by atoms with E-state index < -0.39 is 0 Å². The first-order chi connectivity index (χ1) is 12.1. The van der Waals surface area contributed by atoms with Crippen molar-refractivity contribution in [1.82, 2.24) is 4.90 Å². The molecule has 2 rings (SSSR count). The van der Waals surface area contributed by atoms with E-state index in [1.807, 2.05) is 23.1 Å². The maximum absolute atomic E-state index is 11.5. The molecule has 0 spiro atoms. The lowest BCUT2D eigenvalue weighted by atomic mass is 10.2. The number of allylic oxidation sites excluding steroid dienone is 2. The number of hydrogen-bond acceptors (Lipinski definition) is 6. The van der Waals surface area contributed by atoms with Gasteiger partial charge in [0.25, 0.3) is 0 Å². The molecule has 7 nitrogen and oxygen atoms in total. The van der Waals surface area contributed by atoms with Gasteiger partial charge in [-0.25, -0.2) is 0 Å². The number of carbonyl (C=O) groups is 1. The van der Waals surface area contributed by atoms with Crippen molar-refractivity contribution >= 4 is 17.3 Å². The van der Waals surface area contributed by atoms with Crippen molar-refractivity contribution in [2.24, 2.45) is 0 Å². The highest BCUT2D eigenvalue weighted by molar-refractivity contribution is 5.73. The highest BCUT2D eigenvalue weighted by atomic mass is 16.2. The summed E-state index contributed by atoms with van der Waals surface area (Å²) in [5, 5.41) is 29.6. The van der Waals surface area contributed by atoms with Crippen LogP contribution in [-0.2, 0) is 4.79 Å². The Bertz CT molecular complexity index is 775. The smallest absolute Gasteiger partial charge is 0.219 e. The summed E-state index contributed by atoms with van der Waals surface area (Å²) in [6.45, 7) is 4.69. The molecule has 1 aliphatic rings. The molecule has 7 heteroatoms. The predicted molar refractivity (Wildman–Crippen MR) is 93.0 cm³/mol. The van der Waals surface area contributed by atoms with Crippen molar-refractivity contribution in [3.63, 3.8) is 0 Å². The maximum atomic E-state index is 11.5. The summed E-state index contributed by atoms with van der Waals surface area (Å²) in [6, 6.07) is 12.7. The normalized spacial score (nSPS) is 13.7. The molecule has 1 aromatic carbocycles. The third-order valence-corrected chi connectivity index (χ3v) is 4.03. The Labute approximate surface area is 147 Å². The summed E-state index contributed by atoms with van der Waals surface area (Å²) in [5.41, 5.74) is 1.34. The molecule has 25 heavy (non-hydrogen) atoms. The minimum atomic E-state index is -0.247. The fourth-order valence-electron chi connectivity index (χ4n) is 2.67. The maximum Gasteiger partial charge on any atom is 0.219 e. The van der Waals surface area contributed by atoms with E-state index in [4.69, 9.17) is 15.8 Å². The van der Waals surface area contributed by atoms with E-state index in [0.29, 0.717) is 12.2 Å². The molecule has 0 saturated carbocycles. The van der Waals surface area contributed by atoms with Crippen molar-refractivity contribution in [2.75, 3.05) is 36.4 Å². The van der Waals surface area contributed by atoms with Crippen molar-refractivity contribution in [1.29, 1.82) is 15.8 Å². The Balaban J connectivity index is 2.09. The highest BCUT2D eigenvalue weighted by Crippen LogP contribution is 2.21. The van der Waals surface area contributed by atoms with Crippen molar-refractivity contribution in [2.45, 2.75) is 13.3 Å². The molecule has 0 aromatic heterocycles. The van der Waals surface area contributed by atoms with Gasteiger partial charge in [0.1, 0.15) is 23.9 Å². The van der Waals surface area contributed by atoms with Crippen molar-refractivity contribution in [3.8, 4) is 18.2 Å².